The van der Waals surface area contributed by atoms with E-state index in [1.807, 2.05) is 20.8 Å². The molecule has 0 N–H and O–H groups in total. The summed E-state index contributed by atoms with van der Waals surface area (Å²) in [6.07, 6.45) is 0. The molecule has 1 heterocycles. The van der Waals surface area contributed by atoms with Gasteiger partial charge in [0.2, 0.25) is 0 Å². The fourth-order valence-electron chi connectivity index (χ4n) is 0.445. The van der Waals surface area contributed by atoms with Crippen molar-refractivity contribution < 1.29 is 39.6 Å². The topological polar surface area (TPSA) is 52.8 Å². The molecule has 11 heavy (non-hydrogen) atoms. The SMILES string of the molecule is CC(C)(C)c1nnn[n-]1.[V].[W]. The van der Waals surface area contributed by atoms with Crippen LogP contribution in [0.1, 0.15) is 26.6 Å². The molecule has 1 radical (unpaired) electrons. The minimum absolute atomic E-state index is 0. The van der Waals surface area contributed by atoms with Crippen molar-refractivity contribution in [3.63, 3.8) is 0 Å². The first-order valence-corrected chi connectivity index (χ1v) is 2.80. The van der Waals surface area contributed by atoms with Crippen molar-refractivity contribution in [2.75, 3.05) is 0 Å². The predicted molar refractivity (Wildman–Crippen MR) is 31.8 cm³/mol. The third kappa shape index (κ3) is 4.04. The summed E-state index contributed by atoms with van der Waals surface area (Å²) in [7, 11) is 0. The Morgan fingerprint density at radius 3 is 2.00 bits per heavy atom. The zero-order valence-electron chi connectivity index (χ0n) is 6.64. The van der Waals surface area contributed by atoms with Gasteiger partial charge >= 0.3 is 0 Å². The molecular formula is C5H9N4VW-. The van der Waals surface area contributed by atoms with Crippen molar-refractivity contribution in [2.45, 2.75) is 26.2 Å². The van der Waals surface area contributed by atoms with E-state index in [1.165, 1.54) is 0 Å². The van der Waals surface area contributed by atoms with Crippen LogP contribution in [0.5, 0.6) is 0 Å². The molecule has 0 unspecified atom stereocenters. The summed E-state index contributed by atoms with van der Waals surface area (Å²) in [6.45, 7) is 6.06. The first kappa shape index (κ1) is 13.9. The monoisotopic (exact) mass is 360 g/mol. The Hall–Kier alpha value is 0.343. The number of nitrogens with zero attached hydrogens (tertiary/aromatic N) is 4. The molecule has 0 spiro atoms. The third-order valence-electron chi connectivity index (χ3n) is 0.990. The molecule has 0 aromatic carbocycles. The largest absolute Gasteiger partial charge is 0.335 e. The van der Waals surface area contributed by atoms with Gasteiger partial charge in [0.15, 0.2) is 0 Å². The van der Waals surface area contributed by atoms with Crippen LogP contribution in [0.3, 0.4) is 0 Å². The van der Waals surface area contributed by atoms with E-state index in [-0.39, 0.29) is 45.0 Å². The summed E-state index contributed by atoms with van der Waals surface area (Å²) in [5, 5.41) is 14.2. The van der Waals surface area contributed by atoms with Crippen molar-refractivity contribution >= 4 is 0 Å². The molecule has 0 aliphatic rings. The molecule has 61 valence electrons. The van der Waals surface area contributed by atoms with Crippen LogP contribution < -0.4 is 5.10 Å². The number of hydrogen-bond donors (Lipinski definition) is 0. The Morgan fingerprint density at radius 1 is 1.27 bits per heavy atom. The summed E-state index contributed by atoms with van der Waals surface area (Å²) >= 11 is 0. The fourth-order valence-corrected chi connectivity index (χ4v) is 0.445. The van der Waals surface area contributed by atoms with Gasteiger partial charge in [-0.15, -0.1) is 0 Å². The first-order chi connectivity index (χ1) is 4.11. The third-order valence-corrected chi connectivity index (χ3v) is 0.990. The van der Waals surface area contributed by atoms with E-state index >= 15 is 0 Å². The molecule has 0 atom stereocenters. The zero-order chi connectivity index (χ0) is 6.91. The number of aromatic nitrogens is 4. The number of tetrazole rings is 1. The van der Waals surface area contributed by atoms with E-state index < -0.39 is 0 Å². The maximum absolute atomic E-state index is 3.72. The van der Waals surface area contributed by atoms with Gasteiger partial charge in [0, 0.05) is 45.4 Å². The standard InChI is InChI=1S/C5H9N4.V.W/c1-5(2,3)4-6-8-9-7-4;;/h1-3H3;;/q-1;;. The van der Waals surface area contributed by atoms with Crippen molar-refractivity contribution in [3.8, 4) is 0 Å². The molecule has 4 nitrogen and oxygen atoms in total. The quantitative estimate of drug-likeness (QED) is 0.660. The fraction of sp³-hybridized carbons (Fsp3) is 0.800. The van der Waals surface area contributed by atoms with Gasteiger partial charge in [0.05, 0.1) is 0 Å². The summed E-state index contributed by atoms with van der Waals surface area (Å²) in [5.74, 6) is 0.697. The van der Waals surface area contributed by atoms with E-state index in [0.29, 0.717) is 5.82 Å². The minimum Gasteiger partial charge on any atom is -0.335 e. The summed E-state index contributed by atoms with van der Waals surface area (Å²) in [6, 6.07) is 0. The Kier molecular flexibility index (Phi) is 6.41. The number of rotatable bonds is 0. The second kappa shape index (κ2) is 5.07. The van der Waals surface area contributed by atoms with Gasteiger partial charge in [-0.1, -0.05) is 20.8 Å². The molecule has 1 aromatic heterocycles. The molecule has 0 bridgehead atoms. The number of hydrogen-bond acceptors (Lipinski definition) is 3. The van der Waals surface area contributed by atoms with Crippen molar-refractivity contribution in [1.29, 1.82) is 0 Å². The molecule has 1 aromatic rings. The van der Waals surface area contributed by atoms with Crippen molar-refractivity contribution in [2.24, 2.45) is 0 Å². The van der Waals surface area contributed by atoms with Gasteiger partial charge in [-0.25, -0.2) is 0 Å². The van der Waals surface area contributed by atoms with E-state index in [9.17, 15) is 0 Å². The van der Waals surface area contributed by atoms with Gasteiger partial charge in [-0.3, -0.25) is 10.3 Å². The molecule has 0 fully saturated rings. The second-order valence-corrected chi connectivity index (χ2v) is 2.95. The Morgan fingerprint density at radius 2 is 1.82 bits per heavy atom. The Balaban J connectivity index is 0. The zero-order valence-corrected chi connectivity index (χ0v) is 11.0. The van der Waals surface area contributed by atoms with Gasteiger partial charge in [-0.05, 0) is 5.41 Å². The Labute approximate surface area is 92.1 Å². The van der Waals surface area contributed by atoms with E-state index in [0.717, 1.165) is 0 Å². The normalized spacial score (nSPS) is 9.73. The Bertz CT molecular complexity index is 181. The molecule has 0 saturated carbocycles. The summed E-state index contributed by atoms with van der Waals surface area (Å²) in [5.41, 5.74) is -0.0243. The molecule has 1 rings (SSSR count). The van der Waals surface area contributed by atoms with Crippen LogP contribution in [0.15, 0.2) is 0 Å². The molecule has 0 saturated heterocycles. The van der Waals surface area contributed by atoms with E-state index in [2.05, 4.69) is 20.6 Å². The summed E-state index contributed by atoms with van der Waals surface area (Å²) < 4.78 is 0. The van der Waals surface area contributed by atoms with Gasteiger partial charge < -0.3 is 5.10 Å². The van der Waals surface area contributed by atoms with Gasteiger partial charge in [0.25, 0.3) is 0 Å². The van der Waals surface area contributed by atoms with Crippen LogP contribution in [-0.4, -0.2) is 15.5 Å². The van der Waals surface area contributed by atoms with Crippen LogP contribution >= 0.6 is 0 Å². The van der Waals surface area contributed by atoms with Gasteiger partial charge in [0.1, 0.15) is 0 Å². The summed E-state index contributed by atoms with van der Waals surface area (Å²) in [4.78, 5) is 0. The first-order valence-electron chi connectivity index (χ1n) is 2.80. The molecule has 0 aliphatic carbocycles. The van der Waals surface area contributed by atoms with Gasteiger partial charge in [-0.2, -0.15) is 5.21 Å². The molecular weight excluding hydrogens is 351 g/mol. The average molecular weight is 360 g/mol. The molecule has 6 heteroatoms. The van der Waals surface area contributed by atoms with E-state index in [4.69, 9.17) is 0 Å². The molecule has 0 amide bonds. The maximum atomic E-state index is 3.72. The van der Waals surface area contributed by atoms with Crippen LogP contribution in [0.2, 0.25) is 0 Å². The van der Waals surface area contributed by atoms with Crippen LogP contribution in [0.25, 0.3) is 0 Å². The van der Waals surface area contributed by atoms with Crippen molar-refractivity contribution in [1.82, 2.24) is 20.6 Å². The van der Waals surface area contributed by atoms with Crippen LogP contribution in [-0.2, 0) is 45.0 Å². The smallest absolute Gasteiger partial charge is 0.0152 e. The van der Waals surface area contributed by atoms with Crippen molar-refractivity contribution in [3.05, 3.63) is 5.82 Å². The average Bonchev–Trinajstić information content (AvgIpc) is 2.08. The minimum atomic E-state index is -0.0243. The van der Waals surface area contributed by atoms with Crippen LogP contribution in [0.4, 0.5) is 0 Å². The molecule has 0 aliphatic heterocycles. The maximum Gasteiger partial charge on any atom is 0.0152 e. The second-order valence-electron chi connectivity index (χ2n) is 2.95. The van der Waals surface area contributed by atoms with E-state index in [1.54, 1.807) is 0 Å². The predicted octanol–water partition coefficient (Wildman–Crippen LogP) is 0.121. The van der Waals surface area contributed by atoms with Crippen LogP contribution in [0, 0.1) is 0 Å².